The fourth-order valence-electron chi connectivity index (χ4n) is 2.63. The molecule has 2 N–H and O–H groups in total. The van der Waals surface area contributed by atoms with E-state index in [0.29, 0.717) is 31.2 Å². The highest BCUT2D eigenvalue weighted by molar-refractivity contribution is 5.90. The Morgan fingerprint density at radius 3 is 2.74 bits per heavy atom. The van der Waals surface area contributed by atoms with Crippen molar-refractivity contribution in [2.24, 2.45) is 0 Å². The van der Waals surface area contributed by atoms with Crippen LogP contribution in [0.2, 0.25) is 0 Å². The van der Waals surface area contributed by atoms with Crippen LogP contribution in [0.25, 0.3) is 0 Å². The molecule has 1 aliphatic heterocycles. The second-order valence-corrected chi connectivity index (χ2v) is 5.63. The molecule has 0 aliphatic carbocycles. The molecule has 0 radical (unpaired) electrons. The number of carbonyl (C=O) groups is 2. The fraction of sp³-hybridized carbons (Fsp3) is 0.500. The average molecular weight is 328 g/mol. The summed E-state index contributed by atoms with van der Waals surface area (Å²) in [4.78, 5) is 23.4. The first kappa shape index (κ1) is 17.3. The normalized spacial score (nSPS) is 19.3. The molecular weight excluding hydrogens is 309 g/mol. The number of benzene rings is 1. The van der Waals surface area contributed by atoms with Crippen molar-refractivity contribution in [1.29, 1.82) is 0 Å². The summed E-state index contributed by atoms with van der Waals surface area (Å²) in [5, 5.41) is 5.31. The Morgan fingerprint density at radius 1 is 1.43 bits per heavy atom. The highest BCUT2D eigenvalue weighted by Gasteiger charge is 2.32. The molecule has 126 valence electrons. The summed E-state index contributed by atoms with van der Waals surface area (Å²) < 4.78 is 38.5. The van der Waals surface area contributed by atoms with Gasteiger partial charge in [-0.2, -0.15) is 13.2 Å². The van der Waals surface area contributed by atoms with Crippen molar-refractivity contribution in [3.8, 4) is 0 Å². The average Bonchev–Trinajstić information content (AvgIpc) is 2.93. The van der Waals surface area contributed by atoms with Crippen molar-refractivity contribution in [2.45, 2.75) is 50.9 Å². The molecule has 1 heterocycles. The van der Waals surface area contributed by atoms with Gasteiger partial charge in [0.1, 0.15) is 6.04 Å². The third-order valence-corrected chi connectivity index (χ3v) is 3.82. The van der Waals surface area contributed by atoms with E-state index in [2.05, 4.69) is 10.6 Å². The van der Waals surface area contributed by atoms with Gasteiger partial charge in [0.25, 0.3) is 0 Å². The number of rotatable bonds is 5. The van der Waals surface area contributed by atoms with E-state index in [0.717, 1.165) is 12.1 Å². The minimum absolute atomic E-state index is 0.184. The van der Waals surface area contributed by atoms with Crippen LogP contribution in [0.1, 0.15) is 49.8 Å². The first-order valence-electron chi connectivity index (χ1n) is 7.58. The van der Waals surface area contributed by atoms with E-state index in [1.807, 2.05) is 6.92 Å². The molecule has 1 saturated heterocycles. The summed E-state index contributed by atoms with van der Waals surface area (Å²) in [6.07, 6.45) is -2.49. The summed E-state index contributed by atoms with van der Waals surface area (Å²) in [5.74, 6) is -0.539. The molecule has 1 fully saturated rings. The molecule has 1 aliphatic rings. The molecule has 1 aromatic rings. The van der Waals surface area contributed by atoms with E-state index in [4.69, 9.17) is 0 Å². The van der Waals surface area contributed by atoms with E-state index in [1.54, 1.807) is 6.07 Å². The predicted octanol–water partition coefficient (Wildman–Crippen LogP) is 2.94. The monoisotopic (exact) mass is 328 g/mol. The van der Waals surface area contributed by atoms with Crippen molar-refractivity contribution in [2.75, 3.05) is 0 Å². The zero-order valence-electron chi connectivity index (χ0n) is 12.7. The van der Waals surface area contributed by atoms with Crippen molar-refractivity contribution >= 4 is 11.8 Å². The Balaban J connectivity index is 2.15. The third kappa shape index (κ3) is 4.46. The van der Waals surface area contributed by atoms with Gasteiger partial charge in [-0.15, -0.1) is 0 Å². The molecule has 4 nitrogen and oxygen atoms in total. The van der Waals surface area contributed by atoms with Gasteiger partial charge in [0, 0.05) is 6.42 Å². The Labute approximate surface area is 132 Å². The zero-order valence-corrected chi connectivity index (χ0v) is 12.7. The molecule has 0 bridgehead atoms. The van der Waals surface area contributed by atoms with Crippen LogP contribution in [0, 0.1) is 0 Å². The number of nitrogens with one attached hydrogen (secondary N) is 2. The van der Waals surface area contributed by atoms with Gasteiger partial charge in [-0.1, -0.05) is 25.5 Å². The van der Waals surface area contributed by atoms with E-state index in [1.165, 1.54) is 6.07 Å². The smallest absolute Gasteiger partial charge is 0.348 e. The molecular formula is C16H19F3N2O2. The van der Waals surface area contributed by atoms with Gasteiger partial charge in [0.05, 0.1) is 11.6 Å². The van der Waals surface area contributed by atoms with Crippen LogP contribution < -0.4 is 10.6 Å². The lowest BCUT2D eigenvalue weighted by molar-refractivity contribution is -0.137. The van der Waals surface area contributed by atoms with Crippen molar-refractivity contribution in [3.63, 3.8) is 0 Å². The minimum atomic E-state index is -4.42. The van der Waals surface area contributed by atoms with Crippen molar-refractivity contribution in [3.05, 3.63) is 35.4 Å². The van der Waals surface area contributed by atoms with Crippen LogP contribution in [-0.2, 0) is 15.8 Å². The summed E-state index contributed by atoms with van der Waals surface area (Å²) in [6, 6.07) is 3.87. The largest absolute Gasteiger partial charge is 0.416 e. The summed E-state index contributed by atoms with van der Waals surface area (Å²) in [7, 11) is 0. The number of halogens is 3. The van der Waals surface area contributed by atoms with Crippen LogP contribution in [0.5, 0.6) is 0 Å². The molecule has 2 atom stereocenters. The van der Waals surface area contributed by atoms with Crippen LogP contribution in [-0.4, -0.2) is 17.9 Å². The van der Waals surface area contributed by atoms with Gasteiger partial charge < -0.3 is 10.6 Å². The molecule has 23 heavy (non-hydrogen) atoms. The lowest BCUT2D eigenvalue weighted by atomic mass is 9.99. The molecule has 7 heteroatoms. The van der Waals surface area contributed by atoms with Gasteiger partial charge in [0.2, 0.25) is 11.8 Å². The minimum Gasteiger partial charge on any atom is -0.348 e. The van der Waals surface area contributed by atoms with E-state index in [9.17, 15) is 22.8 Å². The first-order valence-corrected chi connectivity index (χ1v) is 7.58. The molecule has 2 amide bonds. The third-order valence-electron chi connectivity index (χ3n) is 3.82. The highest BCUT2D eigenvalue weighted by Crippen LogP contribution is 2.31. The number of hydrogen-bond donors (Lipinski definition) is 2. The van der Waals surface area contributed by atoms with Gasteiger partial charge in [-0.05, 0) is 30.5 Å². The second-order valence-electron chi connectivity index (χ2n) is 5.63. The maximum atomic E-state index is 12.8. The van der Waals surface area contributed by atoms with E-state index < -0.39 is 23.8 Å². The first-order chi connectivity index (χ1) is 10.8. The molecule has 0 aromatic heterocycles. The van der Waals surface area contributed by atoms with Crippen LogP contribution in [0.15, 0.2) is 24.3 Å². The number of carbonyl (C=O) groups excluding carboxylic acids is 2. The standard InChI is InChI=1S/C16H19F3N2O2/c1-2-4-12(21-15(23)13-7-8-14(22)20-13)10-5-3-6-11(9-10)16(17,18)19/h3,5-6,9,12-13H,2,4,7-8H2,1H3,(H,20,22)(H,21,23). The van der Waals surface area contributed by atoms with Crippen LogP contribution >= 0.6 is 0 Å². The Morgan fingerprint density at radius 2 is 2.17 bits per heavy atom. The molecule has 2 rings (SSSR count). The molecule has 0 saturated carbocycles. The number of hydrogen-bond acceptors (Lipinski definition) is 2. The number of alkyl halides is 3. The van der Waals surface area contributed by atoms with E-state index in [-0.39, 0.29) is 11.8 Å². The Bertz CT molecular complexity index is 587. The van der Waals surface area contributed by atoms with E-state index >= 15 is 0 Å². The highest BCUT2D eigenvalue weighted by atomic mass is 19.4. The number of amides is 2. The topological polar surface area (TPSA) is 58.2 Å². The van der Waals surface area contributed by atoms with Crippen LogP contribution in [0.3, 0.4) is 0 Å². The molecule has 2 unspecified atom stereocenters. The van der Waals surface area contributed by atoms with Gasteiger partial charge in [-0.3, -0.25) is 9.59 Å². The fourth-order valence-corrected chi connectivity index (χ4v) is 2.63. The van der Waals surface area contributed by atoms with Gasteiger partial charge in [0.15, 0.2) is 0 Å². The predicted molar refractivity (Wildman–Crippen MR) is 78.4 cm³/mol. The zero-order chi connectivity index (χ0) is 17.0. The Kier molecular flexibility index (Phi) is 5.28. The summed E-state index contributed by atoms with van der Waals surface area (Å²) in [5.41, 5.74) is -0.320. The van der Waals surface area contributed by atoms with Crippen LogP contribution in [0.4, 0.5) is 13.2 Å². The van der Waals surface area contributed by atoms with Crippen molar-refractivity contribution in [1.82, 2.24) is 10.6 Å². The summed E-state index contributed by atoms with van der Waals surface area (Å²) in [6.45, 7) is 1.89. The summed E-state index contributed by atoms with van der Waals surface area (Å²) >= 11 is 0. The van der Waals surface area contributed by atoms with Gasteiger partial charge in [-0.25, -0.2) is 0 Å². The lowest BCUT2D eigenvalue weighted by Crippen LogP contribution is -2.43. The Hall–Kier alpha value is -2.05. The van der Waals surface area contributed by atoms with Gasteiger partial charge >= 0.3 is 6.18 Å². The molecule has 1 aromatic carbocycles. The van der Waals surface area contributed by atoms with Crippen molar-refractivity contribution < 1.29 is 22.8 Å². The molecule has 0 spiro atoms. The maximum absolute atomic E-state index is 12.8. The maximum Gasteiger partial charge on any atom is 0.416 e. The quantitative estimate of drug-likeness (QED) is 0.873. The lowest BCUT2D eigenvalue weighted by Gasteiger charge is -2.22. The second kappa shape index (κ2) is 7.02. The SMILES string of the molecule is CCCC(NC(=O)C1CCC(=O)N1)c1cccc(C(F)(F)F)c1.